The fourth-order valence-corrected chi connectivity index (χ4v) is 2.37. The standard InChI is InChI=1S/C16H28O/c1-14-8-5-6-12-16(3,17-4)13-11-15(2)10-7-9-14/h8,10H,5-7,9,11-13H2,1-4H3/b14-8+,15-10+. The first kappa shape index (κ1) is 14.5. The molecule has 1 aliphatic carbocycles. The molecule has 0 heterocycles. The summed E-state index contributed by atoms with van der Waals surface area (Å²) in [5.41, 5.74) is 3.12. The van der Waals surface area contributed by atoms with Gasteiger partial charge in [-0.2, -0.15) is 0 Å². The third kappa shape index (κ3) is 5.54. The molecule has 0 bridgehead atoms. The Morgan fingerprint density at radius 1 is 1.00 bits per heavy atom. The second-order valence-electron chi connectivity index (χ2n) is 5.69. The van der Waals surface area contributed by atoms with Gasteiger partial charge < -0.3 is 4.74 Å². The van der Waals surface area contributed by atoms with Crippen LogP contribution in [-0.2, 0) is 4.74 Å². The van der Waals surface area contributed by atoms with E-state index < -0.39 is 0 Å². The Hall–Kier alpha value is -0.560. The molecule has 1 aliphatic rings. The highest BCUT2D eigenvalue weighted by Crippen LogP contribution is 2.27. The van der Waals surface area contributed by atoms with Crippen molar-refractivity contribution in [3.8, 4) is 0 Å². The summed E-state index contributed by atoms with van der Waals surface area (Å²) in [5, 5.41) is 0. The number of hydrogen-bond acceptors (Lipinski definition) is 1. The lowest BCUT2D eigenvalue weighted by atomic mass is 9.90. The molecule has 0 fully saturated rings. The van der Waals surface area contributed by atoms with Crippen molar-refractivity contribution in [2.45, 2.75) is 71.3 Å². The van der Waals surface area contributed by atoms with E-state index in [-0.39, 0.29) is 5.60 Å². The molecule has 1 rings (SSSR count). The molecule has 0 spiro atoms. The summed E-state index contributed by atoms with van der Waals surface area (Å²) < 4.78 is 5.71. The first-order chi connectivity index (χ1) is 8.06. The Kier molecular flexibility index (Phi) is 5.97. The second kappa shape index (κ2) is 7.00. The average Bonchev–Trinajstić information content (AvgIpc) is 2.31. The minimum atomic E-state index is 0.0655. The minimum Gasteiger partial charge on any atom is -0.379 e. The van der Waals surface area contributed by atoms with E-state index >= 15 is 0 Å². The number of allylic oxidation sites excluding steroid dienone is 4. The summed E-state index contributed by atoms with van der Waals surface area (Å²) in [6.45, 7) is 6.76. The Morgan fingerprint density at radius 3 is 2.35 bits per heavy atom. The maximum Gasteiger partial charge on any atom is 0.0654 e. The normalized spacial score (nSPS) is 34.8. The third-order valence-corrected chi connectivity index (χ3v) is 3.97. The van der Waals surface area contributed by atoms with Crippen molar-refractivity contribution < 1.29 is 4.74 Å². The van der Waals surface area contributed by atoms with Gasteiger partial charge in [0.1, 0.15) is 0 Å². The van der Waals surface area contributed by atoms with Gasteiger partial charge in [0.25, 0.3) is 0 Å². The van der Waals surface area contributed by atoms with Crippen LogP contribution >= 0.6 is 0 Å². The molecule has 1 unspecified atom stereocenters. The van der Waals surface area contributed by atoms with E-state index in [1.165, 1.54) is 49.7 Å². The van der Waals surface area contributed by atoms with E-state index in [4.69, 9.17) is 4.74 Å². The molecule has 0 aliphatic heterocycles. The first-order valence-corrected chi connectivity index (χ1v) is 6.92. The molecule has 0 N–H and O–H groups in total. The highest BCUT2D eigenvalue weighted by molar-refractivity contribution is 5.05. The minimum absolute atomic E-state index is 0.0655. The van der Waals surface area contributed by atoms with E-state index in [9.17, 15) is 0 Å². The summed E-state index contributed by atoms with van der Waals surface area (Å²) in [4.78, 5) is 0. The van der Waals surface area contributed by atoms with Crippen molar-refractivity contribution >= 4 is 0 Å². The molecule has 0 aromatic rings. The molecule has 0 radical (unpaired) electrons. The highest BCUT2D eigenvalue weighted by atomic mass is 16.5. The number of ether oxygens (including phenoxy) is 1. The lowest BCUT2D eigenvalue weighted by Crippen LogP contribution is -2.27. The summed E-state index contributed by atoms with van der Waals surface area (Å²) in [5.74, 6) is 0. The largest absolute Gasteiger partial charge is 0.379 e. The van der Waals surface area contributed by atoms with Crippen LogP contribution in [0.25, 0.3) is 0 Å². The van der Waals surface area contributed by atoms with Crippen molar-refractivity contribution in [1.29, 1.82) is 0 Å². The van der Waals surface area contributed by atoms with Crippen molar-refractivity contribution in [3.05, 3.63) is 23.3 Å². The molecule has 17 heavy (non-hydrogen) atoms. The number of methoxy groups -OCH3 is 1. The lowest BCUT2D eigenvalue weighted by molar-refractivity contribution is -0.00921. The van der Waals surface area contributed by atoms with Crippen molar-refractivity contribution in [2.75, 3.05) is 7.11 Å². The van der Waals surface area contributed by atoms with Crippen LogP contribution in [0.15, 0.2) is 23.3 Å². The maximum absolute atomic E-state index is 5.71. The Bertz CT molecular complexity index is 288. The predicted molar refractivity (Wildman–Crippen MR) is 75.2 cm³/mol. The Morgan fingerprint density at radius 2 is 1.65 bits per heavy atom. The van der Waals surface area contributed by atoms with Crippen LogP contribution in [-0.4, -0.2) is 12.7 Å². The molecule has 1 nitrogen and oxygen atoms in total. The molecule has 1 heteroatoms. The molecular formula is C16H28O. The van der Waals surface area contributed by atoms with Crippen LogP contribution in [0.4, 0.5) is 0 Å². The zero-order valence-electron chi connectivity index (χ0n) is 12.0. The van der Waals surface area contributed by atoms with Crippen LogP contribution in [0.2, 0.25) is 0 Å². The first-order valence-electron chi connectivity index (χ1n) is 6.92. The summed E-state index contributed by atoms with van der Waals surface area (Å²) >= 11 is 0. The fraction of sp³-hybridized carbons (Fsp3) is 0.750. The summed E-state index contributed by atoms with van der Waals surface area (Å²) in [6, 6.07) is 0. The van der Waals surface area contributed by atoms with Crippen LogP contribution in [0.1, 0.15) is 65.7 Å². The number of rotatable bonds is 1. The van der Waals surface area contributed by atoms with Gasteiger partial charge in [0.15, 0.2) is 0 Å². The van der Waals surface area contributed by atoms with Gasteiger partial charge in [0, 0.05) is 7.11 Å². The van der Waals surface area contributed by atoms with Gasteiger partial charge in [-0.15, -0.1) is 0 Å². The van der Waals surface area contributed by atoms with Gasteiger partial charge in [-0.1, -0.05) is 23.3 Å². The second-order valence-corrected chi connectivity index (χ2v) is 5.69. The van der Waals surface area contributed by atoms with E-state index in [1.54, 1.807) is 0 Å². The van der Waals surface area contributed by atoms with Crippen LogP contribution < -0.4 is 0 Å². The lowest BCUT2D eigenvalue weighted by Gasteiger charge is -2.28. The van der Waals surface area contributed by atoms with Crippen LogP contribution in [0.5, 0.6) is 0 Å². The molecule has 1 atom stereocenters. The summed E-state index contributed by atoms with van der Waals surface area (Å²) in [6.07, 6.45) is 13.1. The van der Waals surface area contributed by atoms with Gasteiger partial charge in [0.05, 0.1) is 5.60 Å². The van der Waals surface area contributed by atoms with Crippen molar-refractivity contribution in [3.63, 3.8) is 0 Å². The smallest absolute Gasteiger partial charge is 0.0654 e. The highest BCUT2D eigenvalue weighted by Gasteiger charge is 2.22. The SMILES string of the molecule is COC1(C)CCC/C=C(\C)CC/C=C(\C)CC1. The third-order valence-electron chi connectivity index (χ3n) is 3.97. The molecule has 0 aromatic carbocycles. The molecule has 98 valence electrons. The van der Waals surface area contributed by atoms with E-state index in [1.807, 2.05) is 7.11 Å². The predicted octanol–water partition coefficient (Wildman–Crippen LogP) is 5.03. The monoisotopic (exact) mass is 236 g/mol. The van der Waals surface area contributed by atoms with Crippen LogP contribution in [0.3, 0.4) is 0 Å². The quantitative estimate of drug-likeness (QED) is 0.580. The van der Waals surface area contributed by atoms with Gasteiger partial charge >= 0.3 is 0 Å². The average molecular weight is 236 g/mol. The topological polar surface area (TPSA) is 9.23 Å². The zero-order valence-corrected chi connectivity index (χ0v) is 12.0. The van der Waals surface area contributed by atoms with E-state index in [0.717, 1.165) is 6.42 Å². The van der Waals surface area contributed by atoms with Crippen LogP contribution in [0, 0.1) is 0 Å². The molecule has 0 saturated heterocycles. The van der Waals surface area contributed by atoms with Gasteiger partial charge in [-0.05, 0) is 65.7 Å². The van der Waals surface area contributed by atoms with Crippen molar-refractivity contribution in [1.82, 2.24) is 0 Å². The zero-order chi connectivity index (χ0) is 12.7. The molecule has 0 aromatic heterocycles. The van der Waals surface area contributed by atoms with E-state index in [2.05, 4.69) is 32.9 Å². The van der Waals surface area contributed by atoms with Gasteiger partial charge in [0.2, 0.25) is 0 Å². The van der Waals surface area contributed by atoms with Crippen molar-refractivity contribution in [2.24, 2.45) is 0 Å². The summed E-state index contributed by atoms with van der Waals surface area (Å²) in [7, 11) is 1.85. The fourth-order valence-electron chi connectivity index (χ4n) is 2.37. The Labute approximate surface area is 107 Å². The maximum atomic E-state index is 5.71. The molecule has 0 amide bonds. The van der Waals surface area contributed by atoms with E-state index in [0.29, 0.717) is 0 Å². The molecule has 0 saturated carbocycles. The van der Waals surface area contributed by atoms with Gasteiger partial charge in [-0.3, -0.25) is 0 Å². The van der Waals surface area contributed by atoms with Gasteiger partial charge in [-0.25, -0.2) is 0 Å². The Balaban J connectivity index is 2.67. The number of hydrogen-bond donors (Lipinski definition) is 0. The molecular weight excluding hydrogens is 208 g/mol.